The van der Waals surface area contributed by atoms with Gasteiger partial charge in [0.05, 0.1) is 0 Å². The third kappa shape index (κ3) is 18.8. The normalized spacial score (nSPS) is 0. The van der Waals surface area contributed by atoms with Gasteiger partial charge in [-0.1, -0.05) is 0 Å². The van der Waals surface area contributed by atoms with Crippen molar-refractivity contribution in [1.82, 2.24) is 0 Å². The van der Waals surface area contributed by atoms with Crippen molar-refractivity contribution in [3.05, 3.63) is 0 Å². The van der Waals surface area contributed by atoms with Gasteiger partial charge in [0, 0.05) is 47.4 Å². The van der Waals surface area contributed by atoms with Crippen LogP contribution in [0.5, 0.6) is 0 Å². The zero-order valence-corrected chi connectivity index (χ0v) is 13.0. The van der Waals surface area contributed by atoms with Crippen LogP contribution < -0.4 is 0 Å². The predicted molar refractivity (Wildman–Crippen MR) is 21.7 cm³/mol. The SMILES string of the molecule is [B].[Ca+2].[H-].[H-].[H-].[H-].[Mg+2].[Zn].[Zn]. The Hall–Kier alpha value is 3.34. The molecule has 15 valence electrons. The van der Waals surface area contributed by atoms with E-state index >= 15 is 0 Å². The summed E-state index contributed by atoms with van der Waals surface area (Å²) in [6, 6.07) is 0. The molecule has 0 atom stereocenters. The molecule has 0 aromatic heterocycles. The molecule has 5 heavy (non-hydrogen) atoms. The maximum Gasteiger partial charge on any atom is 2.00 e. The molecule has 0 saturated carbocycles. The Morgan fingerprint density at radius 2 is 1.00 bits per heavy atom. The van der Waals surface area contributed by atoms with Crippen molar-refractivity contribution in [2.45, 2.75) is 0 Å². The van der Waals surface area contributed by atoms with Crippen LogP contribution in [0.1, 0.15) is 5.71 Å². The molecule has 0 N–H and O–H groups in total. The van der Waals surface area contributed by atoms with Gasteiger partial charge < -0.3 is 5.71 Å². The van der Waals surface area contributed by atoms with Crippen LogP contribution in [0.3, 0.4) is 0 Å². The Balaban J connectivity index is 0. The molecule has 0 amide bonds. The average molecular weight is 210 g/mol. The van der Waals surface area contributed by atoms with Crippen LogP contribution in [-0.4, -0.2) is 69.2 Å². The van der Waals surface area contributed by atoms with Gasteiger partial charge in [-0.15, -0.1) is 0 Å². The van der Waals surface area contributed by atoms with Crippen molar-refractivity contribution < 1.29 is 44.7 Å². The van der Waals surface area contributed by atoms with E-state index in [1.54, 1.807) is 0 Å². The van der Waals surface area contributed by atoms with E-state index in [4.69, 9.17) is 0 Å². The molecule has 0 saturated heterocycles. The number of hydrogen-bond acceptors (Lipinski definition) is 0. The monoisotopic (exact) mass is 207 g/mol. The van der Waals surface area contributed by atoms with Crippen molar-refractivity contribution in [2.75, 3.05) is 0 Å². The van der Waals surface area contributed by atoms with Crippen molar-refractivity contribution >= 4 is 69.2 Å². The summed E-state index contributed by atoms with van der Waals surface area (Å²) in [6.45, 7) is 0. The number of hydrogen-bond donors (Lipinski definition) is 0. The molecular weight excluding hydrogens is 206 g/mol. The van der Waals surface area contributed by atoms with E-state index in [1.165, 1.54) is 0 Å². The fraction of sp³-hybridized carbons (Fsp3) is 0. The van der Waals surface area contributed by atoms with Crippen LogP contribution in [0, 0.1) is 0 Å². The maximum absolute atomic E-state index is 0. The molecule has 0 aliphatic carbocycles. The molecule has 0 aromatic rings. The molecule has 0 spiro atoms. The van der Waals surface area contributed by atoms with E-state index in [1.807, 2.05) is 0 Å². The molecule has 0 fully saturated rings. The zero-order chi connectivity index (χ0) is 0. The predicted octanol–water partition coefficient (Wildman–Crippen LogP) is -0.697. The molecule has 5 heteroatoms. The van der Waals surface area contributed by atoms with Crippen LogP contribution in [0.2, 0.25) is 0 Å². The first-order chi connectivity index (χ1) is 0. The molecule has 3 radical (unpaired) electrons. The van der Waals surface area contributed by atoms with Gasteiger partial charge >= 0.3 is 60.8 Å². The van der Waals surface area contributed by atoms with Gasteiger partial charge in [-0.25, -0.2) is 0 Å². The topological polar surface area (TPSA) is 0 Å². The number of rotatable bonds is 0. The van der Waals surface area contributed by atoms with Crippen molar-refractivity contribution in [3.8, 4) is 0 Å². The third-order valence-corrected chi connectivity index (χ3v) is 0. The summed E-state index contributed by atoms with van der Waals surface area (Å²) in [5, 5.41) is 0. The van der Waals surface area contributed by atoms with Crippen LogP contribution in [0.4, 0.5) is 0 Å². The standard InChI is InChI=1S/B.Ca.Mg.2Zn.4H/q;2*+2;;;4*-1. The van der Waals surface area contributed by atoms with Crippen molar-refractivity contribution in [2.24, 2.45) is 0 Å². The van der Waals surface area contributed by atoms with Gasteiger partial charge in [0.2, 0.25) is 0 Å². The quantitative estimate of drug-likeness (QED) is 0.464. The van der Waals surface area contributed by atoms with Crippen molar-refractivity contribution in [3.63, 3.8) is 0 Å². The smallest absolute Gasteiger partial charge is 1.00 e. The van der Waals surface area contributed by atoms with Gasteiger partial charge in [-0.05, 0) is 0 Å². The fourth-order valence-electron chi connectivity index (χ4n) is 0. The van der Waals surface area contributed by atoms with E-state index in [0.29, 0.717) is 0 Å². The summed E-state index contributed by atoms with van der Waals surface area (Å²) >= 11 is 0. The Kier molecular flexibility index (Phi) is 213. The summed E-state index contributed by atoms with van der Waals surface area (Å²) in [5.74, 6) is 0. The van der Waals surface area contributed by atoms with E-state index in [9.17, 15) is 0 Å². The van der Waals surface area contributed by atoms with Crippen LogP contribution >= 0.6 is 0 Å². The maximum atomic E-state index is 0. The van der Waals surface area contributed by atoms with Crippen LogP contribution in [0.25, 0.3) is 0 Å². The van der Waals surface area contributed by atoms with Gasteiger partial charge in [-0.2, -0.15) is 0 Å². The first-order valence-electron chi connectivity index (χ1n) is 0. The molecular formula is H4BCaMgZn2. The zero-order valence-electron chi connectivity index (χ0n) is 7.41. The second-order valence-electron chi connectivity index (χ2n) is 0. The third-order valence-electron chi connectivity index (χ3n) is 0. The minimum atomic E-state index is 0. The van der Waals surface area contributed by atoms with Gasteiger partial charge in [0.1, 0.15) is 0 Å². The van der Waals surface area contributed by atoms with Crippen LogP contribution in [-0.2, 0) is 39.0 Å². The largest absolute Gasteiger partial charge is 2.00 e. The molecule has 0 nitrogen and oxygen atoms in total. The van der Waals surface area contributed by atoms with E-state index in [2.05, 4.69) is 0 Å². The summed E-state index contributed by atoms with van der Waals surface area (Å²) in [4.78, 5) is 0. The first kappa shape index (κ1) is 40.3. The molecule has 0 aliphatic rings. The van der Waals surface area contributed by atoms with Gasteiger partial charge in [-0.3, -0.25) is 0 Å². The molecule has 0 aliphatic heterocycles. The second kappa shape index (κ2) is 26.5. The van der Waals surface area contributed by atoms with E-state index in [-0.39, 0.29) is 114 Å². The fourth-order valence-corrected chi connectivity index (χ4v) is 0. The second-order valence-corrected chi connectivity index (χ2v) is 0. The average Bonchev–Trinajstić information content (AvgIpc) is 0. The van der Waals surface area contributed by atoms with E-state index in [0.717, 1.165) is 0 Å². The Morgan fingerprint density at radius 1 is 1.00 bits per heavy atom. The van der Waals surface area contributed by atoms with Crippen molar-refractivity contribution in [1.29, 1.82) is 0 Å². The van der Waals surface area contributed by atoms with Gasteiger partial charge in [0.15, 0.2) is 0 Å². The minimum absolute atomic E-state index is 0. The van der Waals surface area contributed by atoms with Crippen LogP contribution in [0.15, 0.2) is 0 Å². The molecule has 0 bridgehead atoms. The summed E-state index contributed by atoms with van der Waals surface area (Å²) in [7, 11) is 0. The van der Waals surface area contributed by atoms with Gasteiger partial charge in [0.25, 0.3) is 0 Å². The Labute approximate surface area is 112 Å². The summed E-state index contributed by atoms with van der Waals surface area (Å²) in [6.07, 6.45) is 0. The summed E-state index contributed by atoms with van der Waals surface area (Å²) in [5.41, 5.74) is 0. The molecule has 0 unspecified atom stereocenters. The summed E-state index contributed by atoms with van der Waals surface area (Å²) < 4.78 is 0. The minimum Gasteiger partial charge on any atom is -1.00 e. The molecule has 0 heterocycles. The Morgan fingerprint density at radius 3 is 1.00 bits per heavy atom. The first-order valence-corrected chi connectivity index (χ1v) is 0. The van der Waals surface area contributed by atoms with E-state index < -0.39 is 0 Å². The Bertz CT molecular complexity index is 18.5. The molecule has 0 aromatic carbocycles. The molecule has 0 rings (SSSR count).